The van der Waals surface area contributed by atoms with Crippen LogP contribution in [-0.4, -0.2) is 47.3 Å². The van der Waals surface area contributed by atoms with Crippen molar-refractivity contribution in [1.82, 2.24) is 9.80 Å². The molecule has 0 aliphatic carbocycles. The highest BCUT2D eigenvalue weighted by Crippen LogP contribution is 2.26. The quantitative estimate of drug-likeness (QED) is 0.616. The number of rotatable bonds is 5. The maximum Gasteiger partial charge on any atom is 0.287 e. The first-order chi connectivity index (χ1) is 10.4. The van der Waals surface area contributed by atoms with Crippen LogP contribution in [0.1, 0.15) is 18.9 Å². The summed E-state index contributed by atoms with van der Waals surface area (Å²) in [4.78, 5) is 25.6. The van der Waals surface area contributed by atoms with E-state index < -0.39 is 4.92 Å². The molecular weight excluding hydrogens is 306 g/mol. The van der Waals surface area contributed by atoms with E-state index in [4.69, 9.17) is 11.6 Å². The van der Waals surface area contributed by atoms with Gasteiger partial charge in [0, 0.05) is 39.2 Å². The summed E-state index contributed by atoms with van der Waals surface area (Å²) in [5.41, 5.74) is 0.875. The fourth-order valence-corrected chi connectivity index (χ4v) is 3.15. The van der Waals surface area contributed by atoms with E-state index in [1.54, 1.807) is 19.1 Å². The Morgan fingerprint density at radius 1 is 1.55 bits per heavy atom. The van der Waals surface area contributed by atoms with E-state index in [0.29, 0.717) is 12.5 Å². The number of nitro benzene ring substituents is 1. The zero-order valence-corrected chi connectivity index (χ0v) is 13.5. The molecule has 0 bridgehead atoms. The highest BCUT2D eigenvalue weighted by molar-refractivity contribution is 6.32. The zero-order valence-electron chi connectivity index (χ0n) is 12.8. The summed E-state index contributed by atoms with van der Waals surface area (Å²) in [5.74, 6) is 0.606. The monoisotopic (exact) mass is 325 g/mol. The van der Waals surface area contributed by atoms with Crippen molar-refractivity contribution in [2.45, 2.75) is 19.9 Å². The van der Waals surface area contributed by atoms with Crippen LogP contribution in [0.3, 0.4) is 0 Å². The average molecular weight is 326 g/mol. The fourth-order valence-electron chi connectivity index (χ4n) is 2.88. The predicted molar refractivity (Wildman–Crippen MR) is 84.8 cm³/mol. The van der Waals surface area contributed by atoms with Gasteiger partial charge in [0.2, 0.25) is 5.91 Å². The molecule has 1 aliphatic heterocycles. The molecule has 0 saturated carbocycles. The van der Waals surface area contributed by atoms with Crippen molar-refractivity contribution in [3.63, 3.8) is 0 Å². The third-order valence-electron chi connectivity index (χ3n) is 3.96. The van der Waals surface area contributed by atoms with Gasteiger partial charge in [-0.2, -0.15) is 0 Å². The van der Waals surface area contributed by atoms with Gasteiger partial charge in [0.1, 0.15) is 5.02 Å². The molecule has 1 saturated heterocycles. The third kappa shape index (κ3) is 4.18. The second-order valence-electron chi connectivity index (χ2n) is 5.86. The summed E-state index contributed by atoms with van der Waals surface area (Å²) < 4.78 is 0. The molecule has 6 nitrogen and oxygen atoms in total. The van der Waals surface area contributed by atoms with Crippen LogP contribution in [0.2, 0.25) is 5.02 Å². The molecule has 0 radical (unpaired) electrons. The number of nitro groups is 1. The normalized spacial score (nSPS) is 18.0. The topological polar surface area (TPSA) is 66.7 Å². The van der Waals surface area contributed by atoms with Crippen molar-refractivity contribution in [3.8, 4) is 0 Å². The van der Waals surface area contributed by atoms with Crippen LogP contribution >= 0.6 is 11.6 Å². The third-order valence-corrected chi connectivity index (χ3v) is 4.27. The maximum atomic E-state index is 11.3. The van der Waals surface area contributed by atoms with Crippen molar-refractivity contribution in [2.75, 3.05) is 26.7 Å². The Bertz CT molecular complexity index is 579. The van der Waals surface area contributed by atoms with Crippen LogP contribution in [0.25, 0.3) is 0 Å². The SMILES string of the molecule is CC(=O)N1CC[C@@H](CN(C)Cc2ccc([N+](=O)[O-])c(Cl)c2)C1. The Balaban J connectivity index is 1.90. The number of carbonyl (C=O) groups is 1. The number of hydrogen-bond donors (Lipinski definition) is 0. The van der Waals surface area contributed by atoms with Gasteiger partial charge < -0.3 is 9.80 Å². The van der Waals surface area contributed by atoms with E-state index in [-0.39, 0.29) is 16.6 Å². The van der Waals surface area contributed by atoms with Crippen LogP contribution in [0.5, 0.6) is 0 Å². The van der Waals surface area contributed by atoms with Gasteiger partial charge in [-0.15, -0.1) is 0 Å². The van der Waals surface area contributed by atoms with Gasteiger partial charge in [-0.1, -0.05) is 17.7 Å². The summed E-state index contributed by atoms with van der Waals surface area (Å²) in [6, 6.07) is 4.82. The van der Waals surface area contributed by atoms with Crippen molar-refractivity contribution < 1.29 is 9.72 Å². The van der Waals surface area contributed by atoms with E-state index in [2.05, 4.69) is 4.90 Å². The average Bonchev–Trinajstić information content (AvgIpc) is 2.86. The van der Waals surface area contributed by atoms with Crippen LogP contribution < -0.4 is 0 Å². The van der Waals surface area contributed by atoms with Gasteiger partial charge in [0.15, 0.2) is 0 Å². The lowest BCUT2D eigenvalue weighted by Crippen LogP contribution is -2.30. The summed E-state index contributed by atoms with van der Waals surface area (Å²) >= 11 is 5.93. The molecule has 0 N–H and O–H groups in total. The molecule has 1 aliphatic rings. The Hall–Kier alpha value is -1.66. The molecular formula is C15H20ClN3O3. The smallest absolute Gasteiger partial charge is 0.287 e. The number of hydrogen-bond acceptors (Lipinski definition) is 4. The molecule has 2 rings (SSSR count). The minimum absolute atomic E-state index is 0.0686. The van der Waals surface area contributed by atoms with Gasteiger partial charge in [-0.3, -0.25) is 14.9 Å². The fraction of sp³-hybridized carbons (Fsp3) is 0.533. The molecule has 1 aromatic rings. The van der Waals surface area contributed by atoms with Gasteiger partial charge in [-0.25, -0.2) is 0 Å². The number of benzene rings is 1. The van der Waals surface area contributed by atoms with E-state index in [1.165, 1.54) is 6.07 Å². The van der Waals surface area contributed by atoms with Crippen LogP contribution in [0.4, 0.5) is 5.69 Å². The number of nitrogens with zero attached hydrogens (tertiary/aromatic N) is 3. The number of likely N-dealkylation sites (tertiary alicyclic amines) is 1. The van der Waals surface area contributed by atoms with Crippen LogP contribution in [-0.2, 0) is 11.3 Å². The van der Waals surface area contributed by atoms with Gasteiger partial charge in [-0.05, 0) is 31.0 Å². The molecule has 1 heterocycles. The zero-order chi connectivity index (χ0) is 16.3. The second-order valence-corrected chi connectivity index (χ2v) is 6.27. The highest BCUT2D eigenvalue weighted by Gasteiger charge is 2.25. The van der Waals surface area contributed by atoms with E-state index in [1.807, 2.05) is 11.9 Å². The molecule has 1 aromatic carbocycles. The number of halogens is 1. The highest BCUT2D eigenvalue weighted by atomic mass is 35.5. The lowest BCUT2D eigenvalue weighted by atomic mass is 10.1. The predicted octanol–water partition coefficient (Wildman–Crippen LogP) is 2.55. The van der Waals surface area contributed by atoms with Crippen molar-refractivity contribution in [2.24, 2.45) is 5.92 Å². The summed E-state index contributed by atoms with van der Waals surface area (Å²) in [7, 11) is 2.01. The summed E-state index contributed by atoms with van der Waals surface area (Å²) in [6.07, 6.45) is 1.02. The standard InChI is InChI=1S/C15H20ClN3O3/c1-11(20)18-6-5-13(10-18)9-17(2)8-12-3-4-15(19(21)22)14(16)7-12/h3-4,7,13H,5-6,8-10H2,1-2H3/t13-/m0/s1. The second kappa shape index (κ2) is 7.07. The molecule has 0 unspecified atom stereocenters. The maximum absolute atomic E-state index is 11.3. The lowest BCUT2D eigenvalue weighted by Gasteiger charge is -2.21. The first-order valence-electron chi connectivity index (χ1n) is 7.23. The molecule has 0 aromatic heterocycles. The molecule has 120 valence electrons. The first kappa shape index (κ1) is 16.7. The van der Waals surface area contributed by atoms with Crippen LogP contribution in [0, 0.1) is 16.0 Å². The Morgan fingerprint density at radius 3 is 2.82 bits per heavy atom. The first-order valence-corrected chi connectivity index (χ1v) is 7.61. The molecule has 1 fully saturated rings. The summed E-state index contributed by atoms with van der Waals surface area (Å²) in [6.45, 7) is 4.80. The molecule has 7 heteroatoms. The lowest BCUT2D eigenvalue weighted by molar-refractivity contribution is -0.384. The van der Waals surface area contributed by atoms with E-state index in [9.17, 15) is 14.9 Å². The Kier molecular flexibility index (Phi) is 5.37. The van der Waals surface area contributed by atoms with Gasteiger partial charge in [0.05, 0.1) is 4.92 Å². The van der Waals surface area contributed by atoms with Crippen molar-refractivity contribution >= 4 is 23.2 Å². The van der Waals surface area contributed by atoms with E-state index in [0.717, 1.165) is 31.6 Å². The van der Waals surface area contributed by atoms with Crippen molar-refractivity contribution in [3.05, 3.63) is 38.9 Å². The van der Waals surface area contributed by atoms with Crippen LogP contribution in [0.15, 0.2) is 18.2 Å². The summed E-state index contributed by atoms with van der Waals surface area (Å²) in [5, 5.41) is 10.9. The Labute approximate surface area is 134 Å². The number of carbonyl (C=O) groups excluding carboxylic acids is 1. The molecule has 22 heavy (non-hydrogen) atoms. The van der Waals surface area contributed by atoms with Gasteiger partial charge in [0.25, 0.3) is 5.69 Å². The minimum atomic E-state index is -0.481. The number of amides is 1. The molecule has 1 atom stereocenters. The van der Waals surface area contributed by atoms with E-state index >= 15 is 0 Å². The Morgan fingerprint density at radius 2 is 2.27 bits per heavy atom. The molecule has 0 spiro atoms. The molecule has 1 amide bonds. The minimum Gasteiger partial charge on any atom is -0.343 e. The van der Waals surface area contributed by atoms with Gasteiger partial charge >= 0.3 is 0 Å². The van der Waals surface area contributed by atoms with Crippen molar-refractivity contribution in [1.29, 1.82) is 0 Å². The largest absolute Gasteiger partial charge is 0.343 e.